The van der Waals surface area contributed by atoms with Gasteiger partial charge in [0.2, 0.25) is 0 Å². The van der Waals surface area contributed by atoms with E-state index in [-0.39, 0.29) is 11.4 Å². The molecule has 1 aromatic rings. The number of carbonyl (C=O) groups is 1. The molecule has 7 nitrogen and oxygen atoms in total. The molecule has 0 aliphatic rings. The van der Waals surface area contributed by atoms with Gasteiger partial charge in [-0.2, -0.15) is 0 Å². The number of nitro groups is 1. The van der Waals surface area contributed by atoms with Crippen LogP contribution in [0.15, 0.2) is 22.7 Å². The Morgan fingerprint density at radius 1 is 1.60 bits per heavy atom. The highest BCUT2D eigenvalue weighted by Crippen LogP contribution is 2.28. The zero-order valence-electron chi connectivity index (χ0n) is 10.8. The summed E-state index contributed by atoms with van der Waals surface area (Å²) in [6.45, 7) is 0.437. The highest BCUT2D eigenvalue weighted by atomic mass is 79.9. The molecule has 1 unspecified atom stereocenters. The first-order chi connectivity index (χ1) is 9.45. The van der Waals surface area contributed by atoms with Crippen LogP contribution in [0.4, 0.5) is 11.4 Å². The summed E-state index contributed by atoms with van der Waals surface area (Å²) < 4.78 is 5.50. The van der Waals surface area contributed by atoms with E-state index in [2.05, 4.69) is 21.2 Å². The lowest BCUT2D eigenvalue weighted by atomic mass is 10.1. The van der Waals surface area contributed by atoms with Crippen LogP contribution in [-0.4, -0.2) is 35.8 Å². The number of nitro benzene ring substituents is 1. The third-order valence-corrected chi connectivity index (χ3v) is 3.12. The SMILES string of the molecule is COCCCC(Nc1cc(Br)ccc1[N+](=O)[O-])C(=O)O. The fourth-order valence-corrected chi connectivity index (χ4v) is 2.02. The quantitative estimate of drug-likeness (QED) is 0.426. The fraction of sp³-hybridized carbons (Fsp3) is 0.417. The molecule has 0 aliphatic carbocycles. The van der Waals surface area contributed by atoms with Crippen LogP contribution in [0.25, 0.3) is 0 Å². The first kappa shape index (κ1) is 16.4. The van der Waals surface area contributed by atoms with Crippen LogP contribution < -0.4 is 5.32 Å². The zero-order chi connectivity index (χ0) is 15.1. The Bertz CT molecular complexity index is 495. The molecule has 0 radical (unpaired) electrons. The molecule has 0 aromatic heterocycles. The third kappa shape index (κ3) is 4.78. The Balaban J connectivity index is 2.89. The van der Waals surface area contributed by atoms with E-state index in [1.807, 2.05) is 0 Å². The molecule has 8 heteroatoms. The van der Waals surface area contributed by atoms with E-state index >= 15 is 0 Å². The Morgan fingerprint density at radius 3 is 2.85 bits per heavy atom. The van der Waals surface area contributed by atoms with E-state index in [9.17, 15) is 14.9 Å². The summed E-state index contributed by atoms with van der Waals surface area (Å²) in [4.78, 5) is 21.6. The molecule has 0 bridgehead atoms. The van der Waals surface area contributed by atoms with Crippen molar-refractivity contribution in [2.75, 3.05) is 19.0 Å². The molecule has 0 saturated heterocycles. The van der Waals surface area contributed by atoms with Crippen molar-refractivity contribution in [2.24, 2.45) is 0 Å². The first-order valence-corrected chi connectivity index (χ1v) is 6.67. The van der Waals surface area contributed by atoms with Gasteiger partial charge in [-0.3, -0.25) is 10.1 Å². The summed E-state index contributed by atoms with van der Waals surface area (Å²) in [5, 5.41) is 22.8. The number of nitrogens with zero attached hydrogens (tertiary/aromatic N) is 1. The Morgan fingerprint density at radius 2 is 2.30 bits per heavy atom. The molecule has 20 heavy (non-hydrogen) atoms. The molecule has 0 fully saturated rings. The van der Waals surface area contributed by atoms with Gasteiger partial charge in [0.15, 0.2) is 0 Å². The molecule has 1 aromatic carbocycles. The highest BCUT2D eigenvalue weighted by Gasteiger charge is 2.21. The van der Waals surface area contributed by atoms with Crippen LogP contribution in [-0.2, 0) is 9.53 Å². The average Bonchev–Trinajstić information content (AvgIpc) is 2.37. The molecule has 2 N–H and O–H groups in total. The van der Waals surface area contributed by atoms with Crippen molar-refractivity contribution >= 4 is 33.3 Å². The van der Waals surface area contributed by atoms with Crippen molar-refractivity contribution in [1.29, 1.82) is 0 Å². The lowest BCUT2D eigenvalue weighted by molar-refractivity contribution is -0.384. The van der Waals surface area contributed by atoms with Crippen molar-refractivity contribution in [3.05, 3.63) is 32.8 Å². The lowest BCUT2D eigenvalue weighted by Crippen LogP contribution is -2.29. The maximum atomic E-state index is 11.2. The molecule has 0 saturated carbocycles. The van der Waals surface area contributed by atoms with E-state index in [1.54, 1.807) is 0 Å². The molecule has 0 heterocycles. The Hall–Kier alpha value is -1.67. The van der Waals surface area contributed by atoms with E-state index < -0.39 is 16.9 Å². The van der Waals surface area contributed by atoms with Crippen LogP contribution in [0, 0.1) is 10.1 Å². The second-order valence-corrected chi connectivity index (χ2v) is 5.00. The van der Waals surface area contributed by atoms with Crippen molar-refractivity contribution in [1.82, 2.24) is 0 Å². The molecular formula is C12H15BrN2O5. The van der Waals surface area contributed by atoms with Crippen LogP contribution in [0.1, 0.15) is 12.8 Å². The van der Waals surface area contributed by atoms with E-state index in [4.69, 9.17) is 9.84 Å². The number of rotatable bonds is 8. The van der Waals surface area contributed by atoms with Crippen molar-refractivity contribution in [2.45, 2.75) is 18.9 Å². The van der Waals surface area contributed by atoms with Gasteiger partial charge in [0, 0.05) is 24.3 Å². The highest BCUT2D eigenvalue weighted by molar-refractivity contribution is 9.10. The number of anilines is 1. The molecule has 0 aliphatic heterocycles. The van der Waals surface area contributed by atoms with Crippen molar-refractivity contribution in [3.8, 4) is 0 Å². The Kier molecular flexibility index (Phi) is 6.40. The van der Waals surface area contributed by atoms with Crippen molar-refractivity contribution in [3.63, 3.8) is 0 Å². The van der Waals surface area contributed by atoms with Gasteiger partial charge in [0.25, 0.3) is 5.69 Å². The van der Waals surface area contributed by atoms with Gasteiger partial charge in [-0.05, 0) is 25.0 Å². The van der Waals surface area contributed by atoms with Gasteiger partial charge in [0.1, 0.15) is 11.7 Å². The number of hydrogen-bond acceptors (Lipinski definition) is 5. The number of aliphatic carboxylic acids is 1. The molecule has 1 atom stereocenters. The minimum atomic E-state index is -1.06. The number of halogens is 1. The normalized spacial score (nSPS) is 11.9. The smallest absolute Gasteiger partial charge is 0.326 e. The molecule has 0 amide bonds. The van der Waals surface area contributed by atoms with Crippen LogP contribution in [0.5, 0.6) is 0 Å². The second kappa shape index (κ2) is 7.81. The van der Waals surface area contributed by atoms with Gasteiger partial charge >= 0.3 is 5.97 Å². The minimum Gasteiger partial charge on any atom is -0.480 e. The van der Waals surface area contributed by atoms with E-state index in [1.165, 1.54) is 25.3 Å². The summed E-state index contributed by atoms with van der Waals surface area (Å²) in [7, 11) is 1.53. The molecule has 1 rings (SSSR count). The van der Waals surface area contributed by atoms with E-state index in [0.717, 1.165) is 0 Å². The largest absolute Gasteiger partial charge is 0.480 e. The van der Waals surface area contributed by atoms with Crippen LogP contribution in [0.3, 0.4) is 0 Å². The first-order valence-electron chi connectivity index (χ1n) is 5.88. The number of carboxylic acids is 1. The number of benzene rings is 1. The number of carboxylic acid groups (broad SMARTS) is 1. The predicted molar refractivity (Wildman–Crippen MR) is 77.0 cm³/mol. The third-order valence-electron chi connectivity index (χ3n) is 2.62. The second-order valence-electron chi connectivity index (χ2n) is 4.09. The number of ether oxygens (including phenoxy) is 1. The number of nitrogens with one attached hydrogen (secondary N) is 1. The standard InChI is InChI=1S/C12H15BrN2O5/c1-20-6-2-3-9(12(16)17)14-10-7-8(13)4-5-11(10)15(18)19/h4-5,7,9,14H,2-3,6H2,1H3,(H,16,17). The Labute approximate surface area is 124 Å². The minimum absolute atomic E-state index is 0.161. The maximum absolute atomic E-state index is 11.2. The van der Waals surface area contributed by atoms with Crippen LogP contribution in [0.2, 0.25) is 0 Å². The van der Waals surface area contributed by atoms with Gasteiger partial charge in [-0.1, -0.05) is 15.9 Å². The molecule has 110 valence electrons. The maximum Gasteiger partial charge on any atom is 0.326 e. The summed E-state index contributed by atoms with van der Waals surface area (Å²) in [6, 6.07) is 3.44. The fourth-order valence-electron chi connectivity index (χ4n) is 1.66. The van der Waals surface area contributed by atoms with Gasteiger partial charge in [0.05, 0.1) is 4.92 Å². The van der Waals surface area contributed by atoms with Gasteiger partial charge in [-0.25, -0.2) is 4.79 Å². The van der Waals surface area contributed by atoms with Gasteiger partial charge < -0.3 is 15.2 Å². The summed E-state index contributed by atoms with van der Waals surface area (Å²) in [6.07, 6.45) is 0.856. The van der Waals surface area contributed by atoms with E-state index in [0.29, 0.717) is 23.9 Å². The lowest BCUT2D eigenvalue weighted by Gasteiger charge is -2.15. The number of hydrogen-bond donors (Lipinski definition) is 2. The van der Waals surface area contributed by atoms with Crippen LogP contribution >= 0.6 is 15.9 Å². The predicted octanol–water partition coefficient (Wildman–Crippen LogP) is 2.65. The summed E-state index contributed by atoms with van der Waals surface area (Å²) in [5.74, 6) is -1.06. The summed E-state index contributed by atoms with van der Waals surface area (Å²) in [5.41, 5.74) is 0.0142. The average molecular weight is 347 g/mol. The molecular weight excluding hydrogens is 332 g/mol. The van der Waals surface area contributed by atoms with Crippen molar-refractivity contribution < 1.29 is 19.6 Å². The molecule has 0 spiro atoms. The summed E-state index contributed by atoms with van der Waals surface area (Å²) >= 11 is 3.21. The topological polar surface area (TPSA) is 102 Å². The monoisotopic (exact) mass is 346 g/mol. The van der Waals surface area contributed by atoms with Gasteiger partial charge in [-0.15, -0.1) is 0 Å². The zero-order valence-corrected chi connectivity index (χ0v) is 12.4. The number of methoxy groups -OCH3 is 1.